The van der Waals surface area contributed by atoms with E-state index in [1.807, 2.05) is 24.3 Å². The van der Waals surface area contributed by atoms with Crippen molar-refractivity contribution in [2.75, 3.05) is 33.3 Å². The largest absolute Gasteiger partial charge is 0.496 e. The van der Waals surface area contributed by atoms with E-state index in [2.05, 4.69) is 19.2 Å². The predicted molar refractivity (Wildman–Crippen MR) is 110 cm³/mol. The summed E-state index contributed by atoms with van der Waals surface area (Å²) in [5.41, 5.74) is 1.98. The van der Waals surface area contributed by atoms with E-state index in [4.69, 9.17) is 18.9 Å². The Morgan fingerprint density at radius 3 is 2.07 bits per heavy atom. The van der Waals surface area contributed by atoms with Crippen LogP contribution in [0.2, 0.25) is 0 Å². The summed E-state index contributed by atoms with van der Waals surface area (Å²) in [7, 11) is 4.36. The fourth-order valence-corrected chi connectivity index (χ4v) is 2.73. The number of nitrogens with one attached hydrogen (secondary N) is 1. The first kappa shape index (κ1) is 22.1. The highest BCUT2D eigenvalue weighted by Gasteiger charge is 2.20. The quantitative estimate of drug-likeness (QED) is 0.639. The molecule has 0 saturated carbocycles. The Morgan fingerprint density at radius 1 is 0.931 bits per heavy atom. The summed E-state index contributed by atoms with van der Waals surface area (Å²) in [4.78, 5) is 24.6. The molecule has 0 unspecified atom stereocenters. The minimum absolute atomic E-state index is 0.135. The van der Waals surface area contributed by atoms with Crippen molar-refractivity contribution in [2.45, 2.75) is 26.2 Å². The van der Waals surface area contributed by atoms with Gasteiger partial charge in [-0.25, -0.2) is 4.79 Å². The third-order valence-corrected chi connectivity index (χ3v) is 4.64. The number of methoxy groups -OCH3 is 3. The number of benzene rings is 2. The average Bonchev–Trinajstić information content (AvgIpc) is 2.76. The molecular formula is C22H27NO6. The Balaban J connectivity index is 2.00. The molecule has 0 heterocycles. The zero-order valence-electron chi connectivity index (χ0n) is 17.4. The summed E-state index contributed by atoms with van der Waals surface area (Å²) in [6.07, 6.45) is 1.04. The van der Waals surface area contributed by atoms with Crippen LogP contribution in [0.5, 0.6) is 17.2 Å². The van der Waals surface area contributed by atoms with Crippen molar-refractivity contribution < 1.29 is 28.5 Å². The highest BCUT2D eigenvalue weighted by molar-refractivity contribution is 5.97. The van der Waals surface area contributed by atoms with Crippen LogP contribution in [0.3, 0.4) is 0 Å². The summed E-state index contributed by atoms with van der Waals surface area (Å²) in [6.45, 7) is 3.85. The van der Waals surface area contributed by atoms with E-state index in [9.17, 15) is 9.59 Å². The zero-order valence-corrected chi connectivity index (χ0v) is 17.4. The maximum absolute atomic E-state index is 12.4. The third-order valence-electron chi connectivity index (χ3n) is 4.64. The van der Waals surface area contributed by atoms with Gasteiger partial charge in [0.25, 0.3) is 5.91 Å². The number of esters is 1. The molecule has 7 nitrogen and oxygen atoms in total. The molecular weight excluding hydrogens is 374 g/mol. The van der Waals surface area contributed by atoms with Crippen LogP contribution in [0.4, 0.5) is 5.69 Å². The second-order valence-electron chi connectivity index (χ2n) is 6.46. The van der Waals surface area contributed by atoms with E-state index >= 15 is 0 Å². The fourth-order valence-electron chi connectivity index (χ4n) is 2.73. The monoisotopic (exact) mass is 401 g/mol. The molecule has 0 aliphatic carbocycles. The molecule has 0 aromatic heterocycles. The molecule has 0 aliphatic rings. The molecule has 7 heteroatoms. The van der Waals surface area contributed by atoms with Gasteiger partial charge in [0.2, 0.25) is 0 Å². The number of amides is 1. The predicted octanol–water partition coefficient (Wildman–Crippen LogP) is 4.02. The molecule has 2 rings (SSSR count). The Kier molecular flexibility index (Phi) is 7.88. The van der Waals surface area contributed by atoms with Gasteiger partial charge >= 0.3 is 5.97 Å². The van der Waals surface area contributed by atoms with Gasteiger partial charge in [0.05, 0.1) is 21.3 Å². The zero-order chi connectivity index (χ0) is 21.4. The van der Waals surface area contributed by atoms with Crippen LogP contribution in [0, 0.1) is 0 Å². The fraction of sp³-hybridized carbons (Fsp3) is 0.364. The molecule has 2 aromatic carbocycles. The lowest BCUT2D eigenvalue weighted by molar-refractivity contribution is -0.119. The van der Waals surface area contributed by atoms with Gasteiger partial charge in [-0.15, -0.1) is 0 Å². The van der Waals surface area contributed by atoms with Crippen LogP contribution in [-0.2, 0) is 9.53 Å². The number of hydrogen-bond acceptors (Lipinski definition) is 6. The SMILES string of the molecule is CC[C@@H](C)c1ccc(NC(=O)COC(=O)c2cc(OC)c(OC)cc2OC)cc1. The average molecular weight is 401 g/mol. The van der Waals surface area contributed by atoms with Crippen LogP contribution < -0.4 is 19.5 Å². The first-order valence-corrected chi connectivity index (χ1v) is 9.30. The van der Waals surface area contributed by atoms with Crippen molar-refractivity contribution in [3.63, 3.8) is 0 Å². The van der Waals surface area contributed by atoms with Gasteiger partial charge in [0.15, 0.2) is 18.1 Å². The molecule has 156 valence electrons. The van der Waals surface area contributed by atoms with Gasteiger partial charge < -0.3 is 24.3 Å². The van der Waals surface area contributed by atoms with Crippen LogP contribution in [0.15, 0.2) is 36.4 Å². The lowest BCUT2D eigenvalue weighted by Crippen LogP contribution is -2.21. The molecule has 0 fully saturated rings. The molecule has 0 radical (unpaired) electrons. The Morgan fingerprint density at radius 2 is 1.52 bits per heavy atom. The number of ether oxygens (including phenoxy) is 4. The lowest BCUT2D eigenvalue weighted by atomic mass is 9.99. The van der Waals surface area contributed by atoms with Crippen molar-refractivity contribution in [3.8, 4) is 17.2 Å². The first-order chi connectivity index (χ1) is 13.9. The minimum Gasteiger partial charge on any atom is -0.496 e. The summed E-state index contributed by atoms with van der Waals surface area (Å²) in [5.74, 6) is 0.343. The van der Waals surface area contributed by atoms with Gasteiger partial charge in [-0.1, -0.05) is 26.0 Å². The molecule has 0 spiro atoms. The maximum atomic E-state index is 12.4. The molecule has 1 amide bonds. The molecule has 29 heavy (non-hydrogen) atoms. The first-order valence-electron chi connectivity index (χ1n) is 9.30. The minimum atomic E-state index is -0.704. The number of rotatable bonds is 9. The second-order valence-corrected chi connectivity index (χ2v) is 6.46. The number of carbonyl (C=O) groups is 2. The molecule has 1 N–H and O–H groups in total. The van der Waals surface area contributed by atoms with E-state index in [1.54, 1.807) is 0 Å². The van der Waals surface area contributed by atoms with Gasteiger partial charge in [0.1, 0.15) is 11.3 Å². The Hall–Kier alpha value is -3.22. The molecule has 2 aromatic rings. The summed E-state index contributed by atoms with van der Waals surface area (Å²) in [6, 6.07) is 10.6. The standard InChI is InChI=1S/C22H27NO6/c1-6-14(2)15-7-9-16(10-8-15)23-21(24)13-29-22(25)17-11-19(27-4)20(28-5)12-18(17)26-3/h7-12,14H,6,13H2,1-5H3,(H,23,24)/t14-/m1/s1. The van der Waals surface area contributed by atoms with Crippen LogP contribution in [-0.4, -0.2) is 39.8 Å². The van der Waals surface area contributed by atoms with Crippen molar-refractivity contribution >= 4 is 17.6 Å². The topological polar surface area (TPSA) is 83.1 Å². The highest BCUT2D eigenvalue weighted by atomic mass is 16.5. The molecule has 1 atom stereocenters. The van der Waals surface area contributed by atoms with E-state index in [-0.39, 0.29) is 11.3 Å². The normalized spacial score (nSPS) is 11.3. The van der Waals surface area contributed by atoms with Crippen molar-refractivity contribution in [1.29, 1.82) is 0 Å². The van der Waals surface area contributed by atoms with E-state index in [0.717, 1.165) is 6.42 Å². The smallest absolute Gasteiger partial charge is 0.342 e. The number of carbonyl (C=O) groups excluding carboxylic acids is 2. The van der Waals surface area contributed by atoms with Crippen molar-refractivity contribution in [3.05, 3.63) is 47.5 Å². The molecule has 0 aliphatic heterocycles. The molecule has 0 bridgehead atoms. The van der Waals surface area contributed by atoms with Crippen molar-refractivity contribution in [1.82, 2.24) is 0 Å². The number of anilines is 1. The van der Waals surface area contributed by atoms with Crippen molar-refractivity contribution in [2.24, 2.45) is 0 Å². The highest BCUT2D eigenvalue weighted by Crippen LogP contribution is 2.34. The summed E-state index contributed by atoms with van der Waals surface area (Å²) in [5, 5.41) is 2.71. The summed E-state index contributed by atoms with van der Waals surface area (Å²) < 4.78 is 20.7. The van der Waals surface area contributed by atoms with E-state index in [1.165, 1.54) is 39.0 Å². The lowest BCUT2D eigenvalue weighted by Gasteiger charge is -2.14. The van der Waals surface area contributed by atoms with Crippen LogP contribution in [0.25, 0.3) is 0 Å². The third kappa shape index (κ3) is 5.63. The molecule has 0 saturated heterocycles. The van der Waals surface area contributed by atoms with Gasteiger partial charge in [-0.05, 0) is 30.0 Å². The van der Waals surface area contributed by atoms with Crippen LogP contribution >= 0.6 is 0 Å². The summed E-state index contributed by atoms with van der Waals surface area (Å²) >= 11 is 0. The van der Waals surface area contributed by atoms with Gasteiger partial charge in [0, 0.05) is 17.8 Å². The van der Waals surface area contributed by atoms with Gasteiger partial charge in [-0.2, -0.15) is 0 Å². The van der Waals surface area contributed by atoms with Gasteiger partial charge in [-0.3, -0.25) is 4.79 Å². The van der Waals surface area contributed by atoms with E-state index in [0.29, 0.717) is 23.1 Å². The maximum Gasteiger partial charge on any atom is 0.342 e. The Bertz CT molecular complexity index is 847. The number of hydrogen-bond donors (Lipinski definition) is 1. The second kappa shape index (κ2) is 10.4. The van der Waals surface area contributed by atoms with E-state index < -0.39 is 18.5 Å². The van der Waals surface area contributed by atoms with Crippen LogP contribution in [0.1, 0.15) is 42.1 Å². The Labute approximate surface area is 170 Å².